The molecule has 0 aliphatic carbocycles. The first-order valence-corrected chi connectivity index (χ1v) is 2.76. The van der Waals surface area contributed by atoms with Gasteiger partial charge in [0.25, 0.3) is 0 Å². The molecule has 2 nitrogen and oxygen atoms in total. The second-order valence-corrected chi connectivity index (χ2v) is 2.02. The van der Waals surface area contributed by atoms with E-state index in [-0.39, 0.29) is 5.12 Å². The molecule has 8 heavy (non-hydrogen) atoms. The number of hydrogen-bond donors (Lipinski definition) is 0. The summed E-state index contributed by atoms with van der Waals surface area (Å²) in [7, 11) is 0. The molecule has 0 aliphatic rings. The zero-order valence-electron chi connectivity index (χ0n) is 4.47. The highest BCUT2D eigenvalue weighted by molar-refractivity contribution is 8.18. The van der Waals surface area contributed by atoms with E-state index in [1.165, 1.54) is 0 Å². The second-order valence-electron chi connectivity index (χ2n) is 1.26. The predicted molar refractivity (Wildman–Crippen MR) is 33.0 cm³/mol. The molecule has 0 spiro atoms. The Hall–Kier alpha value is -0.750. The average Bonchev–Trinajstić information content (AvgIpc) is 1.67. The van der Waals surface area contributed by atoms with Crippen molar-refractivity contribution in [3.63, 3.8) is 0 Å². The van der Waals surface area contributed by atoms with Crippen LogP contribution in [0.1, 0.15) is 6.92 Å². The van der Waals surface area contributed by atoms with Crippen LogP contribution in [0.5, 0.6) is 0 Å². The molecular formula is C5H5NOS. The summed E-state index contributed by atoms with van der Waals surface area (Å²) >= 11 is 0.606. The van der Waals surface area contributed by atoms with Gasteiger partial charge in [-0.2, -0.15) is 5.26 Å². The zero-order chi connectivity index (χ0) is 6.57. The summed E-state index contributed by atoms with van der Waals surface area (Å²) in [6.45, 7) is 4.93. The number of thiocyanates is 1. The first-order chi connectivity index (χ1) is 3.68. The van der Waals surface area contributed by atoms with Gasteiger partial charge in [-0.05, 0) is 12.5 Å². The largest absolute Gasteiger partial charge is 0.281 e. The molecule has 42 valence electrons. The molecule has 0 fully saturated rings. The molecule has 0 rings (SSSR count). The third kappa shape index (κ3) is 2.43. The molecule has 0 saturated heterocycles. The van der Waals surface area contributed by atoms with Gasteiger partial charge < -0.3 is 0 Å². The molecule has 0 unspecified atom stereocenters. The first kappa shape index (κ1) is 7.25. The highest BCUT2D eigenvalue weighted by atomic mass is 32.2. The lowest BCUT2D eigenvalue weighted by Crippen LogP contribution is -1.87. The van der Waals surface area contributed by atoms with Gasteiger partial charge in [-0.1, -0.05) is 6.58 Å². The number of nitrogens with zero attached hydrogens (tertiary/aromatic N) is 1. The lowest BCUT2D eigenvalue weighted by atomic mass is 10.4. The van der Waals surface area contributed by atoms with E-state index in [1.807, 2.05) is 0 Å². The average molecular weight is 127 g/mol. The number of nitriles is 1. The van der Waals surface area contributed by atoms with Crippen molar-refractivity contribution in [1.29, 1.82) is 5.26 Å². The van der Waals surface area contributed by atoms with Gasteiger partial charge in [0.15, 0.2) is 0 Å². The van der Waals surface area contributed by atoms with E-state index in [0.29, 0.717) is 17.3 Å². The van der Waals surface area contributed by atoms with Crippen LogP contribution in [-0.2, 0) is 4.79 Å². The summed E-state index contributed by atoms with van der Waals surface area (Å²) in [4.78, 5) is 10.4. The van der Waals surface area contributed by atoms with Gasteiger partial charge in [-0.15, -0.1) is 0 Å². The maximum Gasteiger partial charge on any atom is 0.228 e. The van der Waals surface area contributed by atoms with Crippen molar-refractivity contribution in [2.75, 3.05) is 0 Å². The van der Waals surface area contributed by atoms with Crippen LogP contribution in [0.25, 0.3) is 0 Å². The molecule has 0 aromatic rings. The van der Waals surface area contributed by atoms with E-state index < -0.39 is 0 Å². The van der Waals surface area contributed by atoms with E-state index in [9.17, 15) is 4.79 Å². The predicted octanol–water partition coefficient (Wildman–Crippen LogP) is 1.30. The molecule has 0 aromatic carbocycles. The topological polar surface area (TPSA) is 40.9 Å². The Labute approximate surface area is 52.2 Å². The minimum Gasteiger partial charge on any atom is -0.281 e. The molecule has 0 bridgehead atoms. The Morgan fingerprint density at radius 2 is 2.38 bits per heavy atom. The summed E-state index contributed by atoms with van der Waals surface area (Å²) in [6, 6.07) is 0. The molecule has 0 radical (unpaired) electrons. The minimum atomic E-state index is -0.257. The molecule has 0 atom stereocenters. The second kappa shape index (κ2) is 3.28. The van der Waals surface area contributed by atoms with Crippen molar-refractivity contribution in [2.24, 2.45) is 0 Å². The Morgan fingerprint density at radius 1 is 1.88 bits per heavy atom. The van der Waals surface area contributed by atoms with Crippen molar-refractivity contribution >= 4 is 16.9 Å². The van der Waals surface area contributed by atoms with Gasteiger partial charge in [0.1, 0.15) is 5.40 Å². The monoisotopic (exact) mass is 127 g/mol. The zero-order valence-corrected chi connectivity index (χ0v) is 5.29. The van der Waals surface area contributed by atoms with Crippen molar-refractivity contribution in [2.45, 2.75) is 6.92 Å². The molecule has 0 N–H and O–H groups in total. The Bertz CT molecular complexity index is 156. The minimum absolute atomic E-state index is 0.257. The molecule has 0 amide bonds. The van der Waals surface area contributed by atoms with Crippen LogP contribution in [0.2, 0.25) is 0 Å². The van der Waals surface area contributed by atoms with Gasteiger partial charge in [-0.25, -0.2) is 0 Å². The Morgan fingerprint density at radius 3 is 2.50 bits per heavy atom. The smallest absolute Gasteiger partial charge is 0.228 e. The van der Waals surface area contributed by atoms with Crippen molar-refractivity contribution in [3.8, 4) is 5.40 Å². The van der Waals surface area contributed by atoms with Crippen LogP contribution in [0.4, 0.5) is 0 Å². The van der Waals surface area contributed by atoms with Crippen LogP contribution in [0, 0.1) is 10.7 Å². The lowest BCUT2D eigenvalue weighted by Gasteiger charge is -1.84. The lowest BCUT2D eigenvalue weighted by molar-refractivity contribution is -0.107. The molecule has 0 heterocycles. The fourth-order valence-corrected chi connectivity index (χ4v) is 0.386. The SMILES string of the molecule is C=C(C)C(=O)SC#N. The van der Waals surface area contributed by atoms with E-state index in [4.69, 9.17) is 5.26 Å². The fraction of sp³-hybridized carbons (Fsp3) is 0.200. The quantitative estimate of drug-likeness (QED) is 0.394. The Balaban J connectivity index is 3.71. The highest BCUT2D eigenvalue weighted by Gasteiger charge is 1.99. The summed E-state index contributed by atoms with van der Waals surface area (Å²) in [5.41, 5.74) is 0.413. The van der Waals surface area contributed by atoms with Gasteiger partial charge in [0.05, 0.1) is 0 Å². The van der Waals surface area contributed by atoms with Gasteiger partial charge in [0.2, 0.25) is 5.12 Å². The molecule has 0 aromatic heterocycles. The first-order valence-electron chi connectivity index (χ1n) is 1.94. The Kier molecular flexibility index (Phi) is 2.97. The van der Waals surface area contributed by atoms with E-state index in [2.05, 4.69) is 6.58 Å². The van der Waals surface area contributed by atoms with Crippen LogP contribution in [-0.4, -0.2) is 5.12 Å². The molecule has 0 aliphatic heterocycles. The van der Waals surface area contributed by atoms with E-state index in [1.54, 1.807) is 12.3 Å². The molecule has 0 saturated carbocycles. The highest BCUT2D eigenvalue weighted by Crippen LogP contribution is 2.04. The molecule has 3 heteroatoms. The van der Waals surface area contributed by atoms with Gasteiger partial charge >= 0.3 is 0 Å². The summed E-state index contributed by atoms with van der Waals surface area (Å²) in [5, 5.41) is 9.33. The van der Waals surface area contributed by atoms with E-state index in [0.717, 1.165) is 0 Å². The number of carbonyl (C=O) groups is 1. The standard InChI is InChI=1S/C5H5NOS/c1-4(2)5(7)8-3-6/h1H2,2H3. The van der Waals surface area contributed by atoms with Crippen LogP contribution < -0.4 is 0 Å². The van der Waals surface area contributed by atoms with Crippen LogP contribution in [0.15, 0.2) is 12.2 Å². The summed E-state index contributed by atoms with van der Waals surface area (Å²) < 4.78 is 0. The van der Waals surface area contributed by atoms with Crippen LogP contribution in [0.3, 0.4) is 0 Å². The number of thioether (sulfide) groups is 1. The third-order valence-corrected chi connectivity index (χ3v) is 1.11. The number of hydrogen-bond acceptors (Lipinski definition) is 3. The molecular weight excluding hydrogens is 122 g/mol. The van der Waals surface area contributed by atoms with Gasteiger partial charge in [-0.3, -0.25) is 4.79 Å². The fourth-order valence-electron chi connectivity index (χ4n) is 0.129. The third-order valence-electron chi connectivity index (χ3n) is 0.487. The van der Waals surface area contributed by atoms with Crippen LogP contribution >= 0.6 is 11.8 Å². The maximum atomic E-state index is 10.4. The summed E-state index contributed by atoms with van der Waals surface area (Å²) in [6.07, 6.45) is 0. The number of rotatable bonds is 1. The van der Waals surface area contributed by atoms with Crippen molar-refractivity contribution < 1.29 is 4.79 Å². The summed E-state index contributed by atoms with van der Waals surface area (Å²) in [5.74, 6) is 0. The van der Waals surface area contributed by atoms with E-state index >= 15 is 0 Å². The van der Waals surface area contributed by atoms with Crippen molar-refractivity contribution in [3.05, 3.63) is 12.2 Å². The normalized spacial score (nSPS) is 7.50. The maximum absolute atomic E-state index is 10.4. The van der Waals surface area contributed by atoms with Gasteiger partial charge in [0, 0.05) is 11.8 Å². The van der Waals surface area contributed by atoms with Crippen molar-refractivity contribution in [1.82, 2.24) is 0 Å². The number of carbonyl (C=O) groups excluding carboxylic acids is 1.